The van der Waals surface area contributed by atoms with Crippen molar-refractivity contribution in [1.29, 1.82) is 0 Å². The van der Waals surface area contributed by atoms with Gasteiger partial charge >= 0.3 is 0 Å². The van der Waals surface area contributed by atoms with Crippen LogP contribution in [0.5, 0.6) is 0 Å². The van der Waals surface area contributed by atoms with Gasteiger partial charge in [-0.05, 0) is 38.0 Å². The molecule has 0 aliphatic carbocycles. The number of hydrogen-bond donors (Lipinski definition) is 1. The van der Waals surface area contributed by atoms with Crippen molar-refractivity contribution in [3.8, 4) is 0 Å². The Morgan fingerprint density at radius 3 is 2.44 bits per heavy atom. The van der Waals surface area contributed by atoms with Crippen molar-refractivity contribution in [3.63, 3.8) is 0 Å². The van der Waals surface area contributed by atoms with Gasteiger partial charge in [-0.2, -0.15) is 11.8 Å². The normalized spacial score (nSPS) is 29.4. The van der Waals surface area contributed by atoms with E-state index in [2.05, 4.69) is 51.4 Å². The van der Waals surface area contributed by atoms with E-state index in [1.807, 2.05) is 0 Å². The summed E-state index contributed by atoms with van der Waals surface area (Å²) in [5, 5.41) is 0. The zero-order valence-electron chi connectivity index (χ0n) is 11.5. The molecule has 0 spiro atoms. The first kappa shape index (κ1) is 14.3. The molecule has 0 radical (unpaired) electrons. The summed E-state index contributed by atoms with van der Waals surface area (Å²) in [5.41, 5.74) is 6.62. The van der Waals surface area contributed by atoms with Gasteiger partial charge in [0, 0.05) is 23.9 Å². The van der Waals surface area contributed by atoms with Crippen LogP contribution in [0.15, 0.2) is 0 Å². The molecular formula is C13H28N2S. The van der Waals surface area contributed by atoms with Gasteiger partial charge in [0.1, 0.15) is 0 Å². The molecule has 1 saturated heterocycles. The molecular weight excluding hydrogens is 216 g/mol. The SMILES string of the molecule is CC(N(C)C1(CN)CCCSC1)C(C)(C)C. The van der Waals surface area contributed by atoms with Gasteiger partial charge in [0.25, 0.3) is 0 Å². The van der Waals surface area contributed by atoms with E-state index in [9.17, 15) is 0 Å². The van der Waals surface area contributed by atoms with E-state index < -0.39 is 0 Å². The summed E-state index contributed by atoms with van der Waals surface area (Å²) in [7, 11) is 2.26. The minimum Gasteiger partial charge on any atom is -0.329 e. The zero-order chi connectivity index (χ0) is 12.4. The monoisotopic (exact) mass is 244 g/mol. The fourth-order valence-electron chi connectivity index (χ4n) is 2.41. The summed E-state index contributed by atoms with van der Waals surface area (Å²) >= 11 is 2.06. The second-order valence-corrected chi connectivity index (χ2v) is 7.34. The van der Waals surface area contributed by atoms with Gasteiger partial charge in [-0.3, -0.25) is 4.90 Å². The number of nitrogens with two attached hydrogens (primary N) is 1. The van der Waals surface area contributed by atoms with E-state index in [0.717, 1.165) is 6.54 Å². The van der Waals surface area contributed by atoms with Crippen molar-refractivity contribution in [2.24, 2.45) is 11.1 Å². The standard InChI is InChI=1S/C13H28N2S/c1-11(12(2,3)4)15(5)13(9-14)7-6-8-16-10-13/h11H,6-10,14H2,1-5H3. The number of hydrogen-bond acceptors (Lipinski definition) is 3. The summed E-state index contributed by atoms with van der Waals surface area (Å²) in [4.78, 5) is 2.54. The van der Waals surface area contributed by atoms with Gasteiger partial charge in [-0.15, -0.1) is 0 Å². The fourth-order valence-corrected chi connectivity index (χ4v) is 3.75. The topological polar surface area (TPSA) is 29.3 Å². The molecule has 1 fully saturated rings. The Bertz CT molecular complexity index is 216. The van der Waals surface area contributed by atoms with E-state index in [0.29, 0.717) is 11.5 Å². The second-order valence-electron chi connectivity index (χ2n) is 6.24. The van der Waals surface area contributed by atoms with E-state index in [1.54, 1.807) is 0 Å². The average Bonchev–Trinajstić information content (AvgIpc) is 2.26. The molecule has 1 aliphatic heterocycles. The van der Waals surface area contributed by atoms with Crippen LogP contribution in [-0.2, 0) is 0 Å². The van der Waals surface area contributed by atoms with Crippen molar-refractivity contribution in [1.82, 2.24) is 4.90 Å². The molecule has 16 heavy (non-hydrogen) atoms. The highest BCUT2D eigenvalue weighted by atomic mass is 32.2. The summed E-state index contributed by atoms with van der Waals surface area (Å²) in [6, 6.07) is 0.565. The highest BCUT2D eigenvalue weighted by Gasteiger charge is 2.40. The van der Waals surface area contributed by atoms with Gasteiger partial charge in [-0.1, -0.05) is 20.8 Å². The lowest BCUT2D eigenvalue weighted by Crippen LogP contribution is -2.60. The number of rotatable bonds is 3. The molecule has 0 bridgehead atoms. The van der Waals surface area contributed by atoms with Crippen LogP contribution in [0.4, 0.5) is 0 Å². The van der Waals surface area contributed by atoms with Crippen LogP contribution in [0.1, 0.15) is 40.5 Å². The van der Waals surface area contributed by atoms with Crippen LogP contribution >= 0.6 is 11.8 Å². The highest BCUT2D eigenvalue weighted by molar-refractivity contribution is 7.99. The number of likely N-dealkylation sites (N-methyl/N-ethyl adjacent to an activating group) is 1. The Kier molecular flexibility index (Phi) is 4.73. The predicted octanol–water partition coefficient (Wildman–Crippen LogP) is 2.58. The van der Waals surface area contributed by atoms with Crippen molar-refractivity contribution >= 4 is 11.8 Å². The Labute approximate surface area is 105 Å². The van der Waals surface area contributed by atoms with E-state index in [4.69, 9.17) is 5.73 Å². The molecule has 1 aliphatic rings. The van der Waals surface area contributed by atoms with E-state index in [-0.39, 0.29) is 5.54 Å². The summed E-state index contributed by atoms with van der Waals surface area (Å²) in [5.74, 6) is 2.50. The summed E-state index contributed by atoms with van der Waals surface area (Å²) in [6.07, 6.45) is 2.57. The van der Waals surface area contributed by atoms with Gasteiger partial charge in [0.15, 0.2) is 0 Å². The van der Waals surface area contributed by atoms with Crippen LogP contribution in [0.3, 0.4) is 0 Å². The first-order valence-electron chi connectivity index (χ1n) is 6.34. The average molecular weight is 244 g/mol. The Morgan fingerprint density at radius 1 is 1.44 bits per heavy atom. The lowest BCUT2D eigenvalue weighted by atomic mass is 9.83. The number of nitrogens with zero attached hydrogens (tertiary/aromatic N) is 1. The minimum atomic E-state index is 0.232. The molecule has 0 aromatic rings. The molecule has 3 heteroatoms. The molecule has 96 valence electrons. The van der Waals surface area contributed by atoms with Crippen molar-refractivity contribution in [3.05, 3.63) is 0 Å². The lowest BCUT2D eigenvalue weighted by molar-refractivity contribution is 0.0382. The molecule has 0 aromatic heterocycles. The van der Waals surface area contributed by atoms with E-state index in [1.165, 1.54) is 24.3 Å². The van der Waals surface area contributed by atoms with Crippen molar-refractivity contribution in [2.75, 3.05) is 25.1 Å². The van der Waals surface area contributed by atoms with Crippen LogP contribution in [0, 0.1) is 5.41 Å². The summed E-state index contributed by atoms with van der Waals surface area (Å²) in [6.45, 7) is 10.1. The predicted molar refractivity (Wildman–Crippen MR) is 75.0 cm³/mol. The molecule has 2 unspecified atom stereocenters. The first-order valence-corrected chi connectivity index (χ1v) is 7.50. The van der Waals surface area contributed by atoms with Gasteiger partial charge < -0.3 is 5.73 Å². The van der Waals surface area contributed by atoms with Crippen molar-refractivity contribution in [2.45, 2.75) is 52.1 Å². The molecule has 2 N–H and O–H groups in total. The summed E-state index contributed by atoms with van der Waals surface area (Å²) < 4.78 is 0. The largest absolute Gasteiger partial charge is 0.329 e. The van der Waals surface area contributed by atoms with Crippen LogP contribution in [0.25, 0.3) is 0 Å². The molecule has 1 heterocycles. The molecule has 0 saturated carbocycles. The van der Waals surface area contributed by atoms with Crippen LogP contribution in [0.2, 0.25) is 0 Å². The van der Waals surface area contributed by atoms with E-state index >= 15 is 0 Å². The van der Waals surface area contributed by atoms with Gasteiger partial charge in [0.2, 0.25) is 0 Å². The Morgan fingerprint density at radius 2 is 2.06 bits per heavy atom. The maximum atomic E-state index is 6.07. The first-order chi connectivity index (χ1) is 7.33. The third-order valence-electron chi connectivity index (χ3n) is 4.26. The van der Waals surface area contributed by atoms with Crippen LogP contribution < -0.4 is 5.73 Å². The van der Waals surface area contributed by atoms with Crippen molar-refractivity contribution < 1.29 is 0 Å². The third kappa shape index (κ3) is 2.93. The lowest BCUT2D eigenvalue weighted by Gasteiger charge is -2.50. The molecule has 0 amide bonds. The molecule has 1 rings (SSSR count). The highest BCUT2D eigenvalue weighted by Crippen LogP contribution is 2.35. The minimum absolute atomic E-state index is 0.232. The quantitative estimate of drug-likeness (QED) is 0.827. The molecule has 2 nitrogen and oxygen atoms in total. The van der Waals surface area contributed by atoms with Gasteiger partial charge in [-0.25, -0.2) is 0 Å². The zero-order valence-corrected chi connectivity index (χ0v) is 12.4. The van der Waals surface area contributed by atoms with Crippen LogP contribution in [-0.4, -0.2) is 41.6 Å². The third-order valence-corrected chi connectivity index (χ3v) is 5.58. The fraction of sp³-hybridized carbons (Fsp3) is 1.00. The van der Waals surface area contributed by atoms with Gasteiger partial charge in [0.05, 0.1) is 0 Å². The Balaban J connectivity index is 2.79. The smallest absolute Gasteiger partial charge is 0.0422 e. The maximum absolute atomic E-state index is 6.07. The second kappa shape index (κ2) is 5.28. The molecule has 0 aromatic carbocycles. The number of thioether (sulfide) groups is 1. The molecule has 2 atom stereocenters. The maximum Gasteiger partial charge on any atom is 0.0422 e. The Hall–Kier alpha value is 0.270.